The summed E-state index contributed by atoms with van der Waals surface area (Å²) in [4.78, 5) is 0. The minimum Gasteiger partial charge on any atom is -0.505 e. The van der Waals surface area contributed by atoms with Crippen molar-refractivity contribution in [3.8, 4) is 5.75 Å². The van der Waals surface area contributed by atoms with E-state index in [0.29, 0.717) is 10.0 Å². The van der Waals surface area contributed by atoms with Gasteiger partial charge < -0.3 is 10.4 Å². The molecule has 2 rings (SSSR count). The highest BCUT2D eigenvalue weighted by Crippen LogP contribution is 2.34. The Morgan fingerprint density at radius 3 is 2.77 bits per heavy atom. The summed E-state index contributed by atoms with van der Waals surface area (Å²) >= 11 is 3.19. The SMILES string of the molecule is Oc1c(F)cc(Br)cc1C1CCN1. The van der Waals surface area contributed by atoms with Gasteiger partial charge in [0.1, 0.15) is 0 Å². The normalized spacial score (nSPS) is 21.2. The molecule has 1 aromatic rings. The molecule has 0 bridgehead atoms. The Balaban J connectivity index is 2.42. The highest BCUT2D eigenvalue weighted by molar-refractivity contribution is 9.10. The Morgan fingerprint density at radius 1 is 1.54 bits per heavy atom. The lowest BCUT2D eigenvalue weighted by molar-refractivity contribution is 0.354. The molecule has 1 heterocycles. The lowest BCUT2D eigenvalue weighted by Gasteiger charge is -2.28. The van der Waals surface area contributed by atoms with Gasteiger partial charge in [-0.25, -0.2) is 4.39 Å². The molecule has 1 aromatic carbocycles. The third-order valence-electron chi connectivity index (χ3n) is 2.26. The van der Waals surface area contributed by atoms with E-state index in [1.54, 1.807) is 6.07 Å². The van der Waals surface area contributed by atoms with Gasteiger partial charge in [0.15, 0.2) is 11.6 Å². The van der Waals surface area contributed by atoms with Gasteiger partial charge in [-0.3, -0.25) is 0 Å². The molecule has 0 spiro atoms. The second kappa shape index (κ2) is 3.27. The Hall–Kier alpha value is -0.610. The van der Waals surface area contributed by atoms with Crippen LogP contribution >= 0.6 is 15.9 Å². The summed E-state index contributed by atoms with van der Waals surface area (Å²) in [5.74, 6) is -0.807. The molecule has 4 heteroatoms. The van der Waals surface area contributed by atoms with Crippen LogP contribution in [0.15, 0.2) is 16.6 Å². The molecule has 0 radical (unpaired) electrons. The topological polar surface area (TPSA) is 32.3 Å². The van der Waals surface area contributed by atoms with E-state index in [0.717, 1.165) is 13.0 Å². The minimum atomic E-state index is -0.571. The first-order valence-corrected chi connectivity index (χ1v) is 4.89. The second-order valence-electron chi connectivity index (χ2n) is 3.12. The Labute approximate surface area is 83.9 Å². The first kappa shape index (κ1) is 8.97. The Bertz CT molecular complexity index is 339. The van der Waals surface area contributed by atoms with Crippen LogP contribution in [0.4, 0.5) is 4.39 Å². The molecule has 1 aliphatic rings. The predicted molar refractivity (Wildman–Crippen MR) is 51.1 cm³/mol. The third-order valence-corrected chi connectivity index (χ3v) is 2.71. The van der Waals surface area contributed by atoms with Crippen LogP contribution in [-0.4, -0.2) is 11.7 Å². The van der Waals surface area contributed by atoms with Crippen LogP contribution in [0.1, 0.15) is 18.0 Å². The fraction of sp³-hybridized carbons (Fsp3) is 0.333. The van der Waals surface area contributed by atoms with Gasteiger partial charge in [0, 0.05) is 16.1 Å². The van der Waals surface area contributed by atoms with E-state index < -0.39 is 5.82 Å². The molecule has 13 heavy (non-hydrogen) atoms. The van der Waals surface area contributed by atoms with E-state index in [1.807, 2.05) is 0 Å². The smallest absolute Gasteiger partial charge is 0.166 e. The predicted octanol–water partition coefficient (Wildman–Crippen LogP) is 2.33. The zero-order valence-electron chi connectivity index (χ0n) is 6.85. The monoisotopic (exact) mass is 245 g/mol. The highest BCUT2D eigenvalue weighted by Gasteiger charge is 2.23. The second-order valence-corrected chi connectivity index (χ2v) is 4.04. The standard InChI is InChI=1S/C9H9BrFNO/c10-5-3-6(8-1-2-12-8)9(13)7(11)4-5/h3-4,8,12-13H,1-2H2. The minimum absolute atomic E-state index is 0.104. The quantitative estimate of drug-likeness (QED) is 0.797. The molecule has 0 aliphatic carbocycles. The molecular weight excluding hydrogens is 237 g/mol. The summed E-state index contributed by atoms with van der Waals surface area (Å²) in [6, 6.07) is 3.11. The van der Waals surface area contributed by atoms with Crippen molar-refractivity contribution in [1.82, 2.24) is 5.32 Å². The summed E-state index contributed by atoms with van der Waals surface area (Å²) in [7, 11) is 0. The molecule has 1 aliphatic heterocycles. The fourth-order valence-corrected chi connectivity index (χ4v) is 1.85. The summed E-state index contributed by atoms with van der Waals surface area (Å²) in [6.45, 7) is 0.929. The number of phenols is 1. The maximum Gasteiger partial charge on any atom is 0.166 e. The summed E-state index contributed by atoms with van der Waals surface area (Å²) in [5, 5.41) is 12.5. The van der Waals surface area contributed by atoms with Crippen LogP contribution in [0.2, 0.25) is 0 Å². The van der Waals surface area contributed by atoms with Crippen molar-refractivity contribution in [2.75, 3.05) is 6.54 Å². The van der Waals surface area contributed by atoms with E-state index in [2.05, 4.69) is 21.2 Å². The molecular formula is C9H9BrFNO. The molecule has 0 aromatic heterocycles. The zero-order valence-corrected chi connectivity index (χ0v) is 8.44. The van der Waals surface area contributed by atoms with Crippen LogP contribution in [0.5, 0.6) is 5.75 Å². The molecule has 70 valence electrons. The number of phenolic OH excluding ortho intramolecular Hbond substituents is 1. The molecule has 1 unspecified atom stereocenters. The molecule has 1 saturated heterocycles. The number of benzene rings is 1. The zero-order chi connectivity index (χ0) is 9.42. The summed E-state index contributed by atoms with van der Waals surface area (Å²) in [6.07, 6.45) is 0.948. The van der Waals surface area contributed by atoms with Gasteiger partial charge >= 0.3 is 0 Å². The largest absolute Gasteiger partial charge is 0.505 e. The molecule has 2 N–H and O–H groups in total. The number of rotatable bonds is 1. The van der Waals surface area contributed by atoms with Crippen molar-refractivity contribution >= 4 is 15.9 Å². The number of hydrogen-bond acceptors (Lipinski definition) is 2. The van der Waals surface area contributed by atoms with E-state index >= 15 is 0 Å². The first-order chi connectivity index (χ1) is 6.18. The number of aromatic hydroxyl groups is 1. The Morgan fingerprint density at radius 2 is 2.23 bits per heavy atom. The Kier molecular flexibility index (Phi) is 2.26. The van der Waals surface area contributed by atoms with Crippen LogP contribution in [-0.2, 0) is 0 Å². The van der Waals surface area contributed by atoms with Crippen LogP contribution in [0, 0.1) is 5.82 Å². The van der Waals surface area contributed by atoms with Crippen molar-refractivity contribution < 1.29 is 9.50 Å². The van der Waals surface area contributed by atoms with Gasteiger partial charge in [-0.05, 0) is 25.1 Å². The van der Waals surface area contributed by atoms with E-state index in [-0.39, 0.29) is 11.8 Å². The van der Waals surface area contributed by atoms with Gasteiger partial charge in [0.2, 0.25) is 0 Å². The van der Waals surface area contributed by atoms with Crippen LogP contribution in [0.3, 0.4) is 0 Å². The van der Waals surface area contributed by atoms with Crippen molar-refractivity contribution in [2.45, 2.75) is 12.5 Å². The summed E-state index contributed by atoms with van der Waals surface area (Å²) in [5.41, 5.74) is 0.637. The van der Waals surface area contributed by atoms with Crippen LogP contribution < -0.4 is 5.32 Å². The average Bonchev–Trinajstić information content (AvgIpc) is 1.95. The third kappa shape index (κ3) is 1.56. The van der Waals surface area contributed by atoms with Gasteiger partial charge in [-0.15, -0.1) is 0 Å². The highest BCUT2D eigenvalue weighted by atomic mass is 79.9. The first-order valence-electron chi connectivity index (χ1n) is 4.10. The van der Waals surface area contributed by atoms with Gasteiger partial charge in [-0.2, -0.15) is 0 Å². The molecule has 1 fully saturated rings. The van der Waals surface area contributed by atoms with Crippen molar-refractivity contribution in [3.63, 3.8) is 0 Å². The molecule has 1 atom stereocenters. The van der Waals surface area contributed by atoms with Crippen LogP contribution in [0.25, 0.3) is 0 Å². The van der Waals surface area contributed by atoms with E-state index in [1.165, 1.54) is 6.07 Å². The van der Waals surface area contributed by atoms with E-state index in [4.69, 9.17) is 0 Å². The van der Waals surface area contributed by atoms with Gasteiger partial charge in [0.05, 0.1) is 0 Å². The van der Waals surface area contributed by atoms with E-state index in [9.17, 15) is 9.50 Å². The average molecular weight is 246 g/mol. The van der Waals surface area contributed by atoms with Gasteiger partial charge in [-0.1, -0.05) is 15.9 Å². The number of hydrogen-bond donors (Lipinski definition) is 2. The lowest BCUT2D eigenvalue weighted by atomic mass is 9.97. The fourth-order valence-electron chi connectivity index (χ4n) is 1.41. The lowest BCUT2D eigenvalue weighted by Crippen LogP contribution is -2.35. The maximum atomic E-state index is 13.1. The van der Waals surface area contributed by atoms with Gasteiger partial charge in [0.25, 0.3) is 0 Å². The molecule has 0 saturated carbocycles. The van der Waals surface area contributed by atoms with Crippen molar-refractivity contribution in [1.29, 1.82) is 0 Å². The molecule has 2 nitrogen and oxygen atoms in total. The maximum absolute atomic E-state index is 13.1. The van der Waals surface area contributed by atoms with Crippen molar-refractivity contribution in [3.05, 3.63) is 28.0 Å². The summed E-state index contributed by atoms with van der Waals surface area (Å²) < 4.78 is 13.7. The van der Waals surface area contributed by atoms with Crippen molar-refractivity contribution in [2.24, 2.45) is 0 Å². The number of halogens is 2. The molecule has 0 amide bonds. The number of nitrogens with one attached hydrogen (secondary N) is 1.